The van der Waals surface area contributed by atoms with E-state index in [1.807, 2.05) is 30.3 Å². The molecule has 0 bridgehead atoms. The summed E-state index contributed by atoms with van der Waals surface area (Å²) < 4.78 is 13.3. The Balaban J connectivity index is 1.56. The molecule has 0 saturated heterocycles. The van der Waals surface area contributed by atoms with Gasteiger partial charge in [-0.3, -0.25) is 4.79 Å². The molecule has 0 spiro atoms. The Labute approximate surface area is 173 Å². The summed E-state index contributed by atoms with van der Waals surface area (Å²) in [5.74, 6) is 1.22. The number of carbonyl (C=O) groups excluding carboxylic acids is 1. The van der Waals surface area contributed by atoms with E-state index in [-0.39, 0.29) is 11.7 Å². The van der Waals surface area contributed by atoms with E-state index in [2.05, 4.69) is 31.4 Å². The van der Waals surface area contributed by atoms with Crippen molar-refractivity contribution >= 4 is 61.4 Å². The molecule has 0 unspecified atom stereocenters. The van der Waals surface area contributed by atoms with Gasteiger partial charge in [-0.25, -0.2) is 10.4 Å². The summed E-state index contributed by atoms with van der Waals surface area (Å²) in [5.41, 5.74) is 4.23. The molecule has 3 aromatic rings. The minimum absolute atomic E-state index is 0.199. The summed E-state index contributed by atoms with van der Waals surface area (Å²) in [4.78, 5) is 16.5. The van der Waals surface area contributed by atoms with Gasteiger partial charge in [-0.1, -0.05) is 23.9 Å². The third-order valence-electron chi connectivity index (χ3n) is 3.46. The van der Waals surface area contributed by atoms with Crippen molar-refractivity contribution < 1.29 is 14.3 Å². The molecule has 27 heavy (non-hydrogen) atoms. The predicted molar refractivity (Wildman–Crippen MR) is 113 cm³/mol. The van der Waals surface area contributed by atoms with Crippen LogP contribution in [-0.4, -0.2) is 37.1 Å². The summed E-state index contributed by atoms with van der Waals surface area (Å²) in [6, 6.07) is 11.5. The Hall–Kier alpha value is -2.10. The van der Waals surface area contributed by atoms with Crippen LogP contribution in [0.3, 0.4) is 0 Å². The third kappa shape index (κ3) is 5.00. The van der Waals surface area contributed by atoms with Gasteiger partial charge in [0.05, 0.1) is 40.9 Å². The summed E-state index contributed by atoms with van der Waals surface area (Å²) in [6.45, 7) is 0. The summed E-state index contributed by atoms with van der Waals surface area (Å²) >= 11 is 6.38. The number of hydrogen-bond acceptors (Lipinski definition) is 7. The Morgan fingerprint density at radius 2 is 2.15 bits per heavy atom. The third-order valence-corrected chi connectivity index (χ3v) is 6.23. The lowest BCUT2D eigenvalue weighted by molar-refractivity contribution is -0.118. The van der Waals surface area contributed by atoms with Gasteiger partial charge in [0.1, 0.15) is 0 Å². The van der Waals surface area contributed by atoms with Crippen LogP contribution < -0.4 is 14.9 Å². The number of thioether (sulfide) groups is 1. The first-order valence-electron chi connectivity index (χ1n) is 7.82. The molecule has 140 valence electrons. The maximum atomic E-state index is 12.0. The Kier molecular flexibility index (Phi) is 6.70. The van der Waals surface area contributed by atoms with E-state index in [0.29, 0.717) is 11.5 Å². The van der Waals surface area contributed by atoms with Crippen LogP contribution >= 0.6 is 39.0 Å². The molecule has 0 aliphatic carbocycles. The number of thiazole rings is 1. The maximum Gasteiger partial charge on any atom is 0.250 e. The van der Waals surface area contributed by atoms with Crippen LogP contribution in [0.2, 0.25) is 0 Å². The van der Waals surface area contributed by atoms with Crippen molar-refractivity contribution in [2.45, 2.75) is 4.34 Å². The lowest BCUT2D eigenvalue weighted by Gasteiger charge is -2.10. The van der Waals surface area contributed by atoms with Crippen molar-refractivity contribution in [2.24, 2.45) is 5.10 Å². The van der Waals surface area contributed by atoms with Gasteiger partial charge >= 0.3 is 0 Å². The maximum absolute atomic E-state index is 12.0. The smallest absolute Gasteiger partial charge is 0.250 e. The zero-order valence-corrected chi connectivity index (χ0v) is 17.8. The van der Waals surface area contributed by atoms with Crippen LogP contribution in [0.25, 0.3) is 10.2 Å². The van der Waals surface area contributed by atoms with Gasteiger partial charge in [0.25, 0.3) is 5.91 Å². The summed E-state index contributed by atoms with van der Waals surface area (Å²) in [6.07, 6.45) is 1.55. The largest absolute Gasteiger partial charge is 0.493 e. The van der Waals surface area contributed by atoms with E-state index in [4.69, 9.17) is 9.47 Å². The first-order valence-corrected chi connectivity index (χ1v) is 10.4. The quantitative estimate of drug-likeness (QED) is 0.319. The number of benzene rings is 2. The van der Waals surface area contributed by atoms with Crippen LogP contribution in [0.1, 0.15) is 5.56 Å². The molecule has 6 nitrogen and oxygen atoms in total. The molecule has 2 aromatic carbocycles. The van der Waals surface area contributed by atoms with Crippen molar-refractivity contribution in [1.29, 1.82) is 0 Å². The monoisotopic (exact) mass is 465 g/mol. The number of ether oxygens (including phenoxy) is 2. The molecule has 0 saturated carbocycles. The van der Waals surface area contributed by atoms with Gasteiger partial charge in [0, 0.05) is 0 Å². The normalized spacial score (nSPS) is 11.1. The summed E-state index contributed by atoms with van der Waals surface area (Å²) in [5, 5.41) is 4.00. The topological polar surface area (TPSA) is 72.8 Å². The fourth-order valence-corrected chi connectivity index (χ4v) is 4.75. The van der Waals surface area contributed by atoms with E-state index in [0.717, 1.165) is 24.6 Å². The number of nitrogens with one attached hydrogen (secondary N) is 1. The number of nitrogens with zero attached hydrogens (tertiary/aromatic N) is 2. The number of halogens is 1. The average molecular weight is 466 g/mol. The number of para-hydroxylation sites is 1. The van der Waals surface area contributed by atoms with Crippen LogP contribution in [0, 0.1) is 0 Å². The van der Waals surface area contributed by atoms with Crippen molar-refractivity contribution in [3.63, 3.8) is 0 Å². The fraction of sp³-hybridized carbons (Fsp3) is 0.167. The van der Waals surface area contributed by atoms with Crippen molar-refractivity contribution in [2.75, 3.05) is 20.0 Å². The van der Waals surface area contributed by atoms with E-state index < -0.39 is 0 Å². The first-order chi connectivity index (χ1) is 13.1. The molecular formula is C18H16BrN3O3S2. The van der Waals surface area contributed by atoms with Gasteiger partial charge < -0.3 is 9.47 Å². The highest BCUT2D eigenvalue weighted by Gasteiger charge is 2.10. The van der Waals surface area contributed by atoms with Crippen LogP contribution in [0.5, 0.6) is 11.5 Å². The number of hydrogen-bond donors (Lipinski definition) is 1. The van der Waals surface area contributed by atoms with Gasteiger partial charge in [0.2, 0.25) is 0 Å². The number of rotatable bonds is 7. The molecule has 0 atom stereocenters. The minimum atomic E-state index is -0.199. The van der Waals surface area contributed by atoms with E-state index in [1.165, 1.54) is 11.8 Å². The zero-order valence-electron chi connectivity index (χ0n) is 14.6. The number of aromatic nitrogens is 1. The van der Waals surface area contributed by atoms with Crippen molar-refractivity contribution in [3.05, 3.63) is 46.4 Å². The van der Waals surface area contributed by atoms with Gasteiger partial charge in [-0.15, -0.1) is 11.3 Å². The second kappa shape index (κ2) is 9.20. The standard InChI is InChI=1S/C18H16BrN3O3S2/c1-24-14-8-11(7-12(19)17(14)25-2)9-20-22-16(23)10-26-18-21-13-5-3-4-6-15(13)27-18/h3-9H,10H2,1-2H3,(H,22,23)/b20-9+. The van der Waals surface area contributed by atoms with E-state index in [1.54, 1.807) is 37.8 Å². The molecule has 1 aromatic heterocycles. The number of amides is 1. The Morgan fingerprint density at radius 3 is 2.89 bits per heavy atom. The Morgan fingerprint density at radius 1 is 1.33 bits per heavy atom. The van der Waals surface area contributed by atoms with Crippen LogP contribution in [0.15, 0.2) is 50.3 Å². The lowest BCUT2D eigenvalue weighted by atomic mass is 10.2. The molecule has 3 rings (SSSR count). The molecule has 0 aliphatic heterocycles. The highest BCUT2D eigenvalue weighted by atomic mass is 79.9. The van der Waals surface area contributed by atoms with Crippen LogP contribution in [0.4, 0.5) is 0 Å². The average Bonchev–Trinajstić information content (AvgIpc) is 3.09. The Bertz CT molecular complexity index is 958. The van der Waals surface area contributed by atoms with Gasteiger partial charge in [0.15, 0.2) is 15.8 Å². The highest BCUT2D eigenvalue weighted by molar-refractivity contribution is 9.10. The minimum Gasteiger partial charge on any atom is -0.493 e. The molecule has 9 heteroatoms. The second-order valence-electron chi connectivity index (χ2n) is 5.27. The number of carbonyl (C=O) groups is 1. The molecule has 1 amide bonds. The second-order valence-corrected chi connectivity index (χ2v) is 8.38. The van der Waals surface area contributed by atoms with Gasteiger partial charge in [-0.2, -0.15) is 5.10 Å². The SMILES string of the molecule is COc1cc(/C=N/NC(=O)CSc2nc3ccccc3s2)cc(Br)c1OC. The number of hydrazone groups is 1. The molecular weight excluding hydrogens is 450 g/mol. The van der Waals surface area contributed by atoms with E-state index in [9.17, 15) is 4.79 Å². The zero-order chi connectivity index (χ0) is 19.2. The lowest BCUT2D eigenvalue weighted by Crippen LogP contribution is -2.19. The first kappa shape index (κ1) is 19.7. The number of methoxy groups -OCH3 is 2. The van der Waals surface area contributed by atoms with E-state index >= 15 is 0 Å². The predicted octanol–water partition coefficient (Wildman–Crippen LogP) is 4.32. The van der Waals surface area contributed by atoms with Crippen molar-refractivity contribution in [3.8, 4) is 11.5 Å². The molecule has 0 fully saturated rings. The molecule has 1 heterocycles. The highest BCUT2D eigenvalue weighted by Crippen LogP contribution is 2.35. The fourth-order valence-electron chi connectivity index (χ4n) is 2.26. The molecule has 0 radical (unpaired) electrons. The van der Waals surface area contributed by atoms with Crippen molar-refractivity contribution in [1.82, 2.24) is 10.4 Å². The van der Waals surface area contributed by atoms with Crippen LogP contribution in [-0.2, 0) is 4.79 Å². The van der Waals surface area contributed by atoms with Gasteiger partial charge in [-0.05, 0) is 45.8 Å². The summed E-state index contributed by atoms with van der Waals surface area (Å²) in [7, 11) is 3.13. The molecule has 0 aliphatic rings. The number of fused-ring (bicyclic) bond motifs is 1. The molecule has 1 N–H and O–H groups in total.